The van der Waals surface area contributed by atoms with Crippen LogP contribution in [-0.4, -0.2) is 41.0 Å². The highest BCUT2D eigenvalue weighted by molar-refractivity contribution is 5.25. The highest BCUT2D eigenvalue weighted by Crippen LogP contribution is 2.23. The molecule has 0 spiro atoms. The van der Waals surface area contributed by atoms with Crippen molar-refractivity contribution in [1.29, 1.82) is 0 Å². The van der Waals surface area contributed by atoms with Crippen LogP contribution in [0.2, 0.25) is 0 Å². The van der Waals surface area contributed by atoms with Crippen molar-refractivity contribution in [3.05, 3.63) is 18.5 Å². The van der Waals surface area contributed by atoms with Gasteiger partial charge in [0.2, 0.25) is 5.95 Å². The van der Waals surface area contributed by atoms with E-state index >= 15 is 0 Å². The standard InChI is InChI=1S/C12H20N4/c1-16(2)11-7-4-3-6-10(11)15-12-13-8-5-9-14-12/h5,8-11H,3-4,6-7H2,1-2H3,(H,13,14,15)/t10-,11-/m1/s1. The van der Waals surface area contributed by atoms with Crippen molar-refractivity contribution < 1.29 is 0 Å². The quantitative estimate of drug-likeness (QED) is 0.842. The van der Waals surface area contributed by atoms with Gasteiger partial charge in [0, 0.05) is 24.5 Å². The summed E-state index contributed by atoms with van der Waals surface area (Å²) in [4.78, 5) is 10.8. The summed E-state index contributed by atoms with van der Waals surface area (Å²) in [6, 6.07) is 2.92. The lowest BCUT2D eigenvalue weighted by molar-refractivity contribution is 0.211. The van der Waals surface area contributed by atoms with Gasteiger partial charge in [-0.3, -0.25) is 0 Å². The Labute approximate surface area is 97.1 Å². The highest BCUT2D eigenvalue weighted by Gasteiger charge is 2.26. The van der Waals surface area contributed by atoms with E-state index < -0.39 is 0 Å². The van der Waals surface area contributed by atoms with Crippen LogP contribution in [-0.2, 0) is 0 Å². The molecule has 1 N–H and O–H groups in total. The molecule has 0 radical (unpaired) electrons. The van der Waals surface area contributed by atoms with Crippen LogP contribution in [0.4, 0.5) is 5.95 Å². The summed E-state index contributed by atoms with van der Waals surface area (Å²) in [5, 5.41) is 3.45. The second kappa shape index (κ2) is 5.25. The number of hydrogen-bond acceptors (Lipinski definition) is 4. The van der Waals surface area contributed by atoms with Gasteiger partial charge in [0.15, 0.2) is 0 Å². The second-order valence-electron chi connectivity index (χ2n) is 4.64. The highest BCUT2D eigenvalue weighted by atomic mass is 15.2. The second-order valence-corrected chi connectivity index (χ2v) is 4.64. The molecule has 0 aromatic carbocycles. The largest absolute Gasteiger partial charge is 0.350 e. The maximum Gasteiger partial charge on any atom is 0.222 e. The van der Waals surface area contributed by atoms with Gasteiger partial charge in [-0.2, -0.15) is 0 Å². The SMILES string of the molecule is CN(C)[C@@H]1CCCC[C@H]1Nc1ncccn1. The first-order valence-corrected chi connectivity index (χ1v) is 5.97. The van der Waals surface area contributed by atoms with Gasteiger partial charge in [0.25, 0.3) is 0 Å². The maximum atomic E-state index is 4.23. The van der Waals surface area contributed by atoms with E-state index in [9.17, 15) is 0 Å². The Morgan fingerprint density at radius 1 is 1.19 bits per heavy atom. The Balaban J connectivity index is 2.01. The molecule has 1 aliphatic rings. The normalized spacial score (nSPS) is 25.7. The summed E-state index contributed by atoms with van der Waals surface area (Å²) in [5.41, 5.74) is 0. The Bertz CT molecular complexity index is 312. The van der Waals surface area contributed by atoms with Crippen LogP contribution < -0.4 is 5.32 Å². The number of hydrogen-bond donors (Lipinski definition) is 1. The number of aromatic nitrogens is 2. The van der Waals surface area contributed by atoms with Crippen LogP contribution in [0.5, 0.6) is 0 Å². The molecule has 1 fully saturated rings. The zero-order valence-electron chi connectivity index (χ0n) is 10.1. The van der Waals surface area contributed by atoms with E-state index in [2.05, 4.69) is 34.3 Å². The first-order chi connectivity index (χ1) is 7.77. The number of anilines is 1. The number of rotatable bonds is 3. The van der Waals surface area contributed by atoms with Crippen LogP contribution in [0.25, 0.3) is 0 Å². The van der Waals surface area contributed by atoms with Gasteiger partial charge < -0.3 is 10.2 Å². The van der Waals surface area contributed by atoms with Crippen LogP contribution in [0, 0.1) is 0 Å². The minimum atomic E-state index is 0.478. The lowest BCUT2D eigenvalue weighted by Gasteiger charge is -2.36. The van der Waals surface area contributed by atoms with Gasteiger partial charge in [-0.1, -0.05) is 12.8 Å². The zero-order valence-corrected chi connectivity index (χ0v) is 10.1. The molecule has 4 nitrogen and oxygen atoms in total. The Hall–Kier alpha value is -1.16. The topological polar surface area (TPSA) is 41.0 Å². The molecule has 0 amide bonds. The molecule has 1 aromatic heterocycles. The average Bonchev–Trinajstić information content (AvgIpc) is 2.31. The van der Waals surface area contributed by atoms with Gasteiger partial charge >= 0.3 is 0 Å². The molecule has 2 atom stereocenters. The predicted octanol–water partition coefficient (Wildman–Crippen LogP) is 1.76. The molecule has 2 rings (SSSR count). The van der Waals surface area contributed by atoms with Gasteiger partial charge in [-0.15, -0.1) is 0 Å². The molecular formula is C12H20N4. The van der Waals surface area contributed by atoms with E-state index in [1.807, 2.05) is 6.07 Å². The van der Waals surface area contributed by atoms with Crippen molar-refractivity contribution in [2.75, 3.05) is 19.4 Å². The van der Waals surface area contributed by atoms with Crippen LogP contribution in [0.3, 0.4) is 0 Å². The smallest absolute Gasteiger partial charge is 0.222 e. The fourth-order valence-electron chi connectivity index (χ4n) is 2.44. The maximum absolute atomic E-state index is 4.23. The minimum Gasteiger partial charge on any atom is -0.350 e. The van der Waals surface area contributed by atoms with E-state index in [-0.39, 0.29) is 0 Å². The predicted molar refractivity (Wildman–Crippen MR) is 65.4 cm³/mol. The molecular weight excluding hydrogens is 200 g/mol. The summed E-state index contributed by atoms with van der Waals surface area (Å²) >= 11 is 0. The fourth-order valence-corrected chi connectivity index (χ4v) is 2.44. The molecule has 0 unspecified atom stereocenters. The van der Waals surface area contributed by atoms with Gasteiger partial charge in [-0.05, 0) is 33.0 Å². The summed E-state index contributed by atoms with van der Waals surface area (Å²) in [7, 11) is 4.30. The lowest BCUT2D eigenvalue weighted by atomic mass is 9.89. The van der Waals surface area contributed by atoms with Crippen molar-refractivity contribution in [3.63, 3.8) is 0 Å². The molecule has 4 heteroatoms. The van der Waals surface area contributed by atoms with Gasteiger partial charge in [0.1, 0.15) is 0 Å². The molecule has 1 aliphatic carbocycles. The van der Waals surface area contributed by atoms with Crippen LogP contribution >= 0.6 is 0 Å². The third-order valence-electron chi connectivity index (χ3n) is 3.27. The third-order valence-corrected chi connectivity index (χ3v) is 3.27. The Morgan fingerprint density at radius 3 is 2.56 bits per heavy atom. The summed E-state index contributed by atoms with van der Waals surface area (Å²) in [6.07, 6.45) is 8.66. The van der Waals surface area contributed by atoms with Gasteiger partial charge in [-0.25, -0.2) is 9.97 Å². The van der Waals surface area contributed by atoms with E-state index in [1.54, 1.807) is 12.4 Å². The van der Waals surface area contributed by atoms with E-state index in [4.69, 9.17) is 0 Å². The summed E-state index contributed by atoms with van der Waals surface area (Å²) in [6.45, 7) is 0. The fraction of sp³-hybridized carbons (Fsp3) is 0.667. The molecule has 0 saturated heterocycles. The summed E-state index contributed by atoms with van der Waals surface area (Å²) < 4.78 is 0. The van der Waals surface area contributed by atoms with Crippen LogP contribution in [0.1, 0.15) is 25.7 Å². The molecule has 0 aliphatic heterocycles. The molecule has 88 valence electrons. The van der Waals surface area contributed by atoms with Crippen molar-refractivity contribution in [3.8, 4) is 0 Å². The number of likely N-dealkylation sites (N-methyl/N-ethyl adjacent to an activating group) is 1. The van der Waals surface area contributed by atoms with Crippen LogP contribution in [0.15, 0.2) is 18.5 Å². The van der Waals surface area contributed by atoms with Crippen molar-refractivity contribution in [2.24, 2.45) is 0 Å². The van der Waals surface area contributed by atoms with E-state index in [0.717, 1.165) is 5.95 Å². The van der Waals surface area contributed by atoms with E-state index in [1.165, 1.54) is 25.7 Å². The van der Waals surface area contributed by atoms with Crippen molar-refractivity contribution in [2.45, 2.75) is 37.8 Å². The lowest BCUT2D eigenvalue weighted by Crippen LogP contribution is -2.45. The third kappa shape index (κ3) is 2.70. The Morgan fingerprint density at radius 2 is 1.88 bits per heavy atom. The molecule has 16 heavy (non-hydrogen) atoms. The summed E-state index contributed by atoms with van der Waals surface area (Å²) in [5.74, 6) is 0.751. The zero-order chi connectivity index (χ0) is 11.4. The minimum absolute atomic E-state index is 0.478. The molecule has 1 heterocycles. The molecule has 1 aromatic rings. The molecule has 0 bridgehead atoms. The first kappa shape index (κ1) is 11.3. The van der Waals surface area contributed by atoms with E-state index in [0.29, 0.717) is 12.1 Å². The van der Waals surface area contributed by atoms with Crippen molar-refractivity contribution in [1.82, 2.24) is 14.9 Å². The Kier molecular flexibility index (Phi) is 3.72. The average molecular weight is 220 g/mol. The number of nitrogens with one attached hydrogen (secondary N) is 1. The molecule has 1 saturated carbocycles. The van der Waals surface area contributed by atoms with Crippen molar-refractivity contribution >= 4 is 5.95 Å². The first-order valence-electron chi connectivity index (χ1n) is 5.97. The van der Waals surface area contributed by atoms with Gasteiger partial charge in [0.05, 0.1) is 0 Å². The number of nitrogens with zero attached hydrogens (tertiary/aromatic N) is 3. The monoisotopic (exact) mass is 220 g/mol.